The number of hydrogen-bond donors (Lipinski definition) is 4. The molecular formula is C27H32N4O4S2. The van der Waals surface area contributed by atoms with Gasteiger partial charge in [0.1, 0.15) is 0 Å². The summed E-state index contributed by atoms with van der Waals surface area (Å²) >= 11 is 2.28. The highest BCUT2D eigenvalue weighted by molar-refractivity contribution is 7.94. The van der Waals surface area contributed by atoms with Gasteiger partial charge in [-0.25, -0.2) is 14.6 Å². The van der Waals surface area contributed by atoms with Crippen LogP contribution in [-0.2, 0) is 11.3 Å². The molecule has 0 saturated heterocycles. The van der Waals surface area contributed by atoms with Crippen molar-refractivity contribution in [2.24, 2.45) is 0 Å². The summed E-state index contributed by atoms with van der Waals surface area (Å²) in [6.07, 6.45) is 5.03. The number of rotatable bonds is 8. The lowest BCUT2D eigenvalue weighted by atomic mass is 9.86. The summed E-state index contributed by atoms with van der Waals surface area (Å²) in [6.45, 7) is 4.10. The summed E-state index contributed by atoms with van der Waals surface area (Å²) in [6, 6.07) is 15.0. The standard InChI is InChI=1S/C27H32N4O4S2/c1-17(2)35-27(33)31-20-10-8-19(9-11-20)25-28-16-24(36-25)22-13-12-21(14-23(22)37-34)30-26(32)29-15-18-6-4-3-5-7-18/h3-7,12-14,16-17,19-20,34H,8-11,15H2,1-2H3,(H,31,33)(H2,29,30,32). The minimum Gasteiger partial charge on any atom is -0.447 e. The molecule has 3 aromatic rings. The van der Waals surface area contributed by atoms with Gasteiger partial charge in [0, 0.05) is 52.9 Å². The van der Waals surface area contributed by atoms with Gasteiger partial charge in [-0.05, 0) is 57.2 Å². The molecule has 0 unspecified atom stereocenters. The van der Waals surface area contributed by atoms with Crippen molar-refractivity contribution in [3.63, 3.8) is 0 Å². The minimum atomic E-state index is -0.351. The van der Waals surface area contributed by atoms with Gasteiger partial charge in [-0.1, -0.05) is 36.4 Å². The summed E-state index contributed by atoms with van der Waals surface area (Å²) in [5.41, 5.74) is 2.48. The van der Waals surface area contributed by atoms with E-state index in [4.69, 9.17) is 4.74 Å². The van der Waals surface area contributed by atoms with Gasteiger partial charge in [0.25, 0.3) is 0 Å². The zero-order valence-corrected chi connectivity index (χ0v) is 22.5. The lowest BCUT2D eigenvalue weighted by molar-refractivity contribution is 0.109. The van der Waals surface area contributed by atoms with Gasteiger partial charge in [0.2, 0.25) is 0 Å². The number of urea groups is 1. The summed E-state index contributed by atoms with van der Waals surface area (Å²) in [5.74, 6) is 0.345. The van der Waals surface area contributed by atoms with Crippen LogP contribution >= 0.6 is 23.4 Å². The number of carbonyl (C=O) groups excluding carboxylic acids is 2. The van der Waals surface area contributed by atoms with Crippen molar-refractivity contribution in [2.45, 2.75) is 69.0 Å². The molecule has 0 bridgehead atoms. The van der Waals surface area contributed by atoms with Gasteiger partial charge >= 0.3 is 12.1 Å². The van der Waals surface area contributed by atoms with Crippen molar-refractivity contribution >= 4 is 41.2 Å². The van der Waals surface area contributed by atoms with E-state index in [9.17, 15) is 14.1 Å². The smallest absolute Gasteiger partial charge is 0.407 e. The van der Waals surface area contributed by atoms with E-state index >= 15 is 0 Å². The highest BCUT2D eigenvalue weighted by Gasteiger charge is 2.26. The summed E-state index contributed by atoms with van der Waals surface area (Å²) in [4.78, 5) is 30.5. The molecule has 10 heteroatoms. The van der Waals surface area contributed by atoms with E-state index in [1.54, 1.807) is 17.4 Å². The maximum Gasteiger partial charge on any atom is 0.407 e. The average molecular weight is 541 g/mol. The van der Waals surface area contributed by atoms with Gasteiger partial charge in [-0.3, -0.25) is 0 Å². The van der Waals surface area contributed by atoms with E-state index in [0.717, 1.165) is 46.7 Å². The second-order valence-corrected chi connectivity index (χ2v) is 11.0. The number of benzene rings is 2. The second-order valence-electron chi connectivity index (χ2n) is 9.31. The van der Waals surface area contributed by atoms with Gasteiger partial charge in [0.15, 0.2) is 0 Å². The Balaban J connectivity index is 1.33. The predicted octanol–water partition coefficient (Wildman–Crippen LogP) is 6.86. The molecular weight excluding hydrogens is 508 g/mol. The van der Waals surface area contributed by atoms with Crippen molar-refractivity contribution in [1.82, 2.24) is 15.6 Å². The quantitative estimate of drug-likeness (QED) is 0.232. The highest BCUT2D eigenvalue weighted by Crippen LogP contribution is 2.40. The van der Waals surface area contributed by atoms with Crippen molar-refractivity contribution in [2.75, 3.05) is 5.32 Å². The van der Waals surface area contributed by atoms with E-state index in [1.807, 2.05) is 62.5 Å². The first-order valence-electron chi connectivity index (χ1n) is 12.4. The van der Waals surface area contributed by atoms with E-state index in [2.05, 4.69) is 20.9 Å². The Bertz CT molecular complexity index is 1190. The molecule has 1 aromatic heterocycles. The van der Waals surface area contributed by atoms with E-state index in [0.29, 0.717) is 35.1 Å². The Labute approximate surface area is 225 Å². The van der Waals surface area contributed by atoms with Crippen LogP contribution in [-0.4, -0.2) is 33.8 Å². The van der Waals surface area contributed by atoms with E-state index < -0.39 is 0 Å². The summed E-state index contributed by atoms with van der Waals surface area (Å²) in [5, 5.41) is 9.68. The molecule has 0 radical (unpaired) electrons. The van der Waals surface area contributed by atoms with Crippen molar-refractivity contribution in [1.29, 1.82) is 0 Å². The van der Waals surface area contributed by atoms with Gasteiger partial charge in [-0.2, -0.15) is 0 Å². The Morgan fingerprint density at radius 2 is 1.89 bits per heavy atom. The number of nitrogens with zero attached hydrogens (tertiary/aromatic N) is 1. The van der Waals surface area contributed by atoms with Crippen LogP contribution in [0.2, 0.25) is 0 Å². The third-order valence-electron chi connectivity index (χ3n) is 6.16. The number of ether oxygens (including phenoxy) is 1. The minimum absolute atomic E-state index is 0.129. The number of nitrogens with one attached hydrogen (secondary N) is 3. The van der Waals surface area contributed by atoms with E-state index in [-0.39, 0.29) is 24.3 Å². The van der Waals surface area contributed by atoms with Crippen molar-refractivity contribution < 1.29 is 18.9 Å². The fourth-order valence-electron chi connectivity index (χ4n) is 4.33. The third-order valence-corrected chi connectivity index (χ3v) is 7.89. The first-order valence-corrected chi connectivity index (χ1v) is 14.0. The normalized spacial score (nSPS) is 17.3. The number of hydrogen-bond acceptors (Lipinski definition) is 7. The first kappa shape index (κ1) is 27.0. The molecule has 0 spiro atoms. The largest absolute Gasteiger partial charge is 0.447 e. The molecule has 8 nitrogen and oxygen atoms in total. The molecule has 196 valence electrons. The van der Waals surface area contributed by atoms with Crippen molar-refractivity contribution in [3.05, 3.63) is 65.3 Å². The van der Waals surface area contributed by atoms with Crippen LogP contribution in [0, 0.1) is 0 Å². The molecule has 37 heavy (non-hydrogen) atoms. The number of carbonyl (C=O) groups is 2. The fourth-order valence-corrected chi connectivity index (χ4v) is 5.98. The van der Waals surface area contributed by atoms with Crippen LogP contribution in [0.4, 0.5) is 15.3 Å². The summed E-state index contributed by atoms with van der Waals surface area (Å²) < 4.78 is 15.1. The Hall–Kier alpha value is -3.08. The molecule has 2 aromatic carbocycles. The Morgan fingerprint density at radius 1 is 1.14 bits per heavy atom. The molecule has 1 aliphatic rings. The predicted molar refractivity (Wildman–Crippen MR) is 148 cm³/mol. The van der Waals surface area contributed by atoms with Crippen molar-refractivity contribution in [3.8, 4) is 10.4 Å². The average Bonchev–Trinajstić information content (AvgIpc) is 3.38. The number of anilines is 1. The lowest BCUT2D eigenvalue weighted by Gasteiger charge is -2.28. The van der Waals surface area contributed by atoms with Gasteiger partial charge < -0.3 is 25.2 Å². The van der Waals surface area contributed by atoms with Gasteiger partial charge in [-0.15, -0.1) is 11.3 Å². The van der Waals surface area contributed by atoms with E-state index in [1.165, 1.54) is 0 Å². The van der Waals surface area contributed by atoms with Crippen LogP contribution in [0.5, 0.6) is 0 Å². The zero-order valence-electron chi connectivity index (χ0n) is 20.9. The molecule has 1 saturated carbocycles. The zero-order chi connectivity index (χ0) is 26.2. The molecule has 1 heterocycles. The number of amides is 3. The SMILES string of the molecule is CC(C)OC(=O)NC1CCC(c2ncc(-c3ccc(NC(=O)NCc4ccccc4)cc3SO)s2)CC1. The van der Waals surface area contributed by atoms with Crippen LogP contribution < -0.4 is 16.0 Å². The van der Waals surface area contributed by atoms with Gasteiger partial charge in [0.05, 0.1) is 16.0 Å². The number of aromatic nitrogens is 1. The number of thiazole rings is 1. The third kappa shape index (κ3) is 7.70. The van der Waals surface area contributed by atoms with Crippen LogP contribution in [0.15, 0.2) is 59.6 Å². The molecule has 0 atom stereocenters. The Morgan fingerprint density at radius 3 is 2.59 bits per heavy atom. The molecule has 1 aliphatic carbocycles. The topological polar surface area (TPSA) is 113 Å². The monoisotopic (exact) mass is 540 g/mol. The first-order chi connectivity index (χ1) is 17.9. The molecule has 1 fully saturated rings. The maximum atomic E-state index is 12.3. The molecule has 4 rings (SSSR count). The highest BCUT2D eigenvalue weighted by atomic mass is 32.2. The Kier molecular flexibility index (Phi) is 9.43. The molecule has 4 N–H and O–H groups in total. The lowest BCUT2D eigenvalue weighted by Crippen LogP contribution is -2.38. The fraction of sp³-hybridized carbons (Fsp3) is 0.370. The number of alkyl carbamates (subject to hydrolysis) is 1. The molecule has 0 aliphatic heterocycles. The summed E-state index contributed by atoms with van der Waals surface area (Å²) in [7, 11) is 0. The van der Waals surface area contributed by atoms with Crippen LogP contribution in [0.25, 0.3) is 10.4 Å². The van der Waals surface area contributed by atoms with Crippen LogP contribution in [0.3, 0.4) is 0 Å². The maximum absolute atomic E-state index is 12.3. The van der Waals surface area contributed by atoms with Crippen LogP contribution in [0.1, 0.15) is 56.0 Å². The second kappa shape index (κ2) is 12.9. The molecule has 3 amide bonds.